The van der Waals surface area contributed by atoms with E-state index in [-0.39, 0.29) is 130 Å². The SMILES string of the molecule is CCN[C@@H](C)C(=O)N[C@H](C(=O)N1CCC[C@H]1c1nc(-c2cccc3c(F)cccc23)cs1)C1CCOCC1.CN[C@@H](C)C(=O)N[C@H](C(=O)N1CCC[C@H]1c1nc(-c2cc(=O)[nH]c3ccccc23)cs1)C1CCCCC1.CN[C@@H](C)C(=O)N[C@H](C(=O)N1CCC[C@H]1c1nc(-c2cc(=O)[nH]c3ccccc23)cs1)C1CCOCC1.CN[C@@H](C)C(=O)N[C@H](C(=O)N1CCC[C@H]1c1nc(-c2cccc3ccccc23)cs1)C1CCC(=O)CC1. The second-order valence-electron chi connectivity index (χ2n) is 40.3. The maximum absolute atomic E-state index is 14.4. The highest BCUT2D eigenvalue weighted by Gasteiger charge is 2.47. The average molecular weight is 2100 g/mol. The summed E-state index contributed by atoms with van der Waals surface area (Å²) in [5.41, 5.74) is 7.96. The van der Waals surface area contributed by atoms with Crippen LogP contribution < -0.4 is 53.7 Å². The number of aromatic amines is 2. The Bertz CT molecular complexity index is 6650. The van der Waals surface area contributed by atoms with E-state index in [0.29, 0.717) is 90.2 Å². The lowest BCUT2D eigenvalue weighted by Crippen LogP contribution is -2.56. The fourth-order valence-corrected chi connectivity index (χ4v) is 26.1. The molecule has 6 aliphatic heterocycles. The van der Waals surface area contributed by atoms with Gasteiger partial charge in [0.2, 0.25) is 58.4 Å². The van der Waals surface area contributed by atoms with Gasteiger partial charge in [-0.1, -0.05) is 135 Å². The van der Waals surface area contributed by atoms with Crippen LogP contribution in [0.1, 0.15) is 214 Å². The number of H-pyrrole nitrogens is 2. The number of rotatable bonds is 29. The summed E-state index contributed by atoms with van der Waals surface area (Å²) >= 11 is 6.17. The van der Waals surface area contributed by atoms with E-state index >= 15 is 0 Å². The fraction of sp³-hybridized carbons (Fsp3) is 0.478. The van der Waals surface area contributed by atoms with Crippen molar-refractivity contribution in [3.63, 3.8) is 0 Å². The van der Waals surface area contributed by atoms with Crippen LogP contribution in [0.5, 0.6) is 0 Å². The van der Waals surface area contributed by atoms with Crippen LogP contribution in [0.4, 0.5) is 4.39 Å². The zero-order valence-electron chi connectivity index (χ0n) is 85.9. The molecule has 6 saturated heterocycles. The topological polar surface area (TPSA) is 399 Å². The second kappa shape index (κ2) is 50.7. The number of para-hydroxylation sites is 2. The van der Waals surface area contributed by atoms with Crippen LogP contribution in [0, 0.1) is 29.5 Å². The fourth-order valence-electron chi connectivity index (χ4n) is 22.2. The smallest absolute Gasteiger partial charge is 0.249 e. The maximum atomic E-state index is 14.4. The summed E-state index contributed by atoms with van der Waals surface area (Å²) in [7, 11) is 5.21. The normalized spacial score (nSPS) is 20.1. The molecule has 12 heterocycles. The van der Waals surface area contributed by atoms with Gasteiger partial charge in [-0.3, -0.25) is 52.7 Å². The van der Waals surface area contributed by atoms with E-state index in [1.54, 1.807) is 70.6 Å². The monoisotopic (exact) mass is 2100 g/mol. The lowest BCUT2D eigenvalue weighted by atomic mass is 9.82. The van der Waals surface area contributed by atoms with Crippen molar-refractivity contribution in [2.45, 2.75) is 242 Å². The molecule has 8 amide bonds. The van der Waals surface area contributed by atoms with E-state index in [4.69, 9.17) is 29.4 Å². The van der Waals surface area contributed by atoms with Gasteiger partial charge < -0.3 is 81.6 Å². The van der Waals surface area contributed by atoms with Crippen LogP contribution in [-0.2, 0) is 52.6 Å². The molecule has 6 aromatic carbocycles. The van der Waals surface area contributed by atoms with Gasteiger partial charge in [-0.15, -0.1) is 45.3 Å². The highest BCUT2D eigenvalue weighted by molar-refractivity contribution is 7.11. The molecule has 36 heteroatoms. The summed E-state index contributed by atoms with van der Waals surface area (Å²) in [6, 6.07) is 39.4. The van der Waals surface area contributed by atoms with Gasteiger partial charge in [-0.05, 0) is 216 Å². The number of nitrogens with zero attached hydrogens (tertiary/aromatic N) is 8. The second-order valence-corrected chi connectivity index (χ2v) is 43.9. The number of pyridine rings is 2. The Balaban J connectivity index is 0.000000135. The van der Waals surface area contributed by atoms with Gasteiger partial charge in [0, 0.05) is 149 Å². The summed E-state index contributed by atoms with van der Waals surface area (Å²) in [5.74, 6) is -0.648. The van der Waals surface area contributed by atoms with Gasteiger partial charge >= 0.3 is 0 Å². The number of Topliss-reactive ketones (excluding diaryl/α,β-unsaturated/α-hetero) is 1. The molecule has 0 unspecified atom stereocenters. The number of ether oxygens (including phenoxy) is 2. The molecule has 149 heavy (non-hydrogen) atoms. The predicted octanol–water partition coefficient (Wildman–Crippen LogP) is 16.0. The third-order valence-corrected chi connectivity index (χ3v) is 34.7. The number of likely N-dealkylation sites (N-methyl/N-ethyl adjacent to an activating group) is 4. The van der Waals surface area contributed by atoms with Crippen molar-refractivity contribution >= 4 is 142 Å². The van der Waals surface area contributed by atoms with Crippen LogP contribution in [0.3, 0.4) is 0 Å². The lowest BCUT2D eigenvalue weighted by molar-refractivity contribution is -0.140. The Morgan fingerprint density at radius 2 is 0.691 bits per heavy atom. The van der Waals surface area contributed by atoms with Gasteiger partial charge in [0.25, 0.3) is 0 Å². The molecule has 8 fully saturated rings. The van der Waals surface area contributed by atoms with Crippen LogP contribution in [-0.4, -0.2) is 231 Å². The Morgan fingerprint density at radius 1 is 0.369 bits per heavy atom. The number of likely N-dealkylation sites (tertiary alicyclic amines) is 4. The van der Waals surface area contributed by atoms with Crippen molar-refractivity contribution in [2.75, 3.05) is 80.3 Å². The molecule has 20 rings (SSSR count). The summed E-state index contributed by atoms with van der Waals surface area (Å²) in [4.78, 5) is 177. The summed E-state index contributed by atoms with van der Waals surface area (Å²) in [6.07, 6.45) is 17.3. The number of hydrogen-bond acceptors (Lipinski definition) is 25. The number of carbonyl (C=O) groups is 9. The van der Waals surface area contributed by atoms with Crippen LogP contribution in [0.25, 0.3) is 88.4 Å². The minimum Gasteiger partial charge on any atom is -0.381 e. The molecule has 2 aliphatic carbocycles. The molecule has 12 atom stereocenters. The zero-order chi connectivity index (χ0) is 104. The summed E-state index contributed by atoms with van der Waals surface area (Å²) in [5, 5.41) is 41.4. The highest BCUT2D eigenvalue weighted by Crippen LogP contribution is 2.45. The molecular weight excluding hydrogens is 1960 g/mol. The number of halogens is 1. The number of ketones is 1. The molecule has 31 nitrogen and oxygen atoms in total. The van der Waals surface area contributed by atoms with Gasteiger partial charge in [0.15, 0.2) is 0 Å². The van der Waals surface area contributed by atoms with Crippen LogP contribution >= 0.6 is 45.3 Å². The Morgan fingerprint density at radius 3 is 1.09 bits per heavy atom. The molecule has 0 radical (unpaired) electrons. The first kappa shape index (κ1) is 108. The molecule has 2 saturated carbocycles. The van der Waals surface area contributed by atoms with Gasteiger partial charge in [0.1, 0.15) is 55.8 Å². The van der Waals surface area contributed by atoms with Gasteiger partial charge in [-0.25, -0.2) is 24.3 Å². The first-order valence-corrected chi connectivity index (χ1v) is 56.5. The van der Waals surface area contributed by atoms with E-state index in [0.717, 1.165) is 200 Å². The largest absolute Gasteiger partial charge is 0.381 e. The Hall–Kier alpha value is -12.1. The van der Waals surface area contributed by atoms with E-state index < -0.39 is 36.3 Å². The molecular formula is C113H137FN18O13S4. The molecule has 788 valence electrons. The molecule has 6 aromatic heterocycles. The number of nitrogens with one attached hydrogen (secondary N) is 10. The van der Waals surface area contributed by atoms with Gasteiger partial charge in [0.05, 0.1) is 71.1 Å². The van der Waals surface area contributed by atoms with Crippen LogP contribution in [0.15, 0.2) is 171 Å². The third-order valence-electron chi connectivity index (χ3n) is 30.9. The quantitative estimate of drug-likeness (QED) is 0.0208. The molecule has 10 N–H and O–H groups in total. The molecule has 0 spiro atoms. The van der Waals surface area contributed by atoms with E-state index in [2.05, 4.69) is 88.2 Å². The first-order chi connectivity index (χ1) is 72.3. The average Bonchev–Trinajstić information content (AvgIpc) is 1.67. The van der Waals surface area contributed by atoms with Crippen LogP contribution in [0.2, 0.25) is 0 Å². The maximum Gasteiger partial charge on any atom is 0.249 e. The van der Waals surface area contributed by atoms with Gasteiger partial charge in [-0.2, -0.15) is 0 Å². The minimum atomic E-state index is -0.630. The number of aromatic nitrogens is 6. The number of thiazole rings is 4. The van der Waals surface area contributed by atoms with Crippen molar-refractivity contribution in [2.24, 2.45) is 23.7 Å². The third kappa shape index (κ3) is 25.4. The van der Waals surface area contributed by atoms with Crippen molar-refractivity contribution < 1.29 is 57.0 Å². The zero-order valence-corrected chi connectivity index (χ0v) is 89.2. The number of hydrogen-bond donors (Lipinski definition) is 10. The number of amides is 8. The van der Waals surface area contributed by atoms with Crippen molar-refractivity contribution in [1.29, 1.82) is 0 Å². The predicted molar refractivity (Wildman–Crippen MR) is 583 cm³/mol. The highest BCUT2D eigenvalue weighted by atomic mass is 32.1. The molecule has 8 aliphatic rings. The van der Waals surface area contributed by atoms with Crippen molar-refractivity contribution in [3.8, 4) is 45.0 Å². The van der Waals surface area contributed by atoms with E-state index in [1.165, 1.54) is 51.9 Å². The number of carbonyl (C=O) groups excluding carboxylic acids is 9. The van der Waals surface area contributed by atoms with E-state index in [9.17, 15) is 57.1 Å². The Kier molecular flexibility index (Phi) is 36.8. The summed E-state index contributed by atoms with van der Waals surface area (Å²) in [6.45, 7) is 14.8. The van der Waals surface area contributed by atoms with E-state index in [1.807, 2.05) is 135 Å². The Labute approximate surface area is 883 Å². The summed E-state index contributed by atoms with van der Waals surface area (Å²) < 4.78 is 25.4. The molecule has 12 aromatic rings. The standard InChI is InChI=1S/C29H35FN4O3S.C29H34N4O3S.C28H35N5O3S.C27H33N5O4S/c1-3-31-18(2)27(35)33-26(19-12-15-37-16-13-19)29(36)34-14-6-11-25(34)28-32-24(17-38-28)22-9-4-8-21-20(22)7-5-10-23(21)30;1-18(30-2)27(35)32-26(20-12-14-21(34)15-13-20)29(36)33-16-6-11-25(33)28-31-24(17-37-28)23-10-5-8-19-7-3-4-9-22(19)23;1-17(29-2)26(35)32-25(18-9-4-3-5-10-18)28(36)33-14-8-13-23(33)27-31-22(16-37-27)20-15-24(34)30-21-12-7-6-11-19(20)21;1-16(28-2)25(34)31-24(17-9-12-36-13-10-17)27(35)32-11-5-8-22(32)26-30-21(15-37-26)19-14-23(33)29-20-7-4-3-6-18(19)20/h4-5,7-10,17-19,25-26,31H,3,6,11-16H2,1-2H3,(H,33,35);3-5,7-10,17-18,20,25-26,30H,6,11-16H2,1-2H3,(H,32,35);6-7,11-12,15-18,23,25,29H,3-5,8-10,13-14H2,1-2H3,(H,30,34)(H,32,35);3-4,6-7,14-17,22,24,28H,5,8-13H2,1-2H3,(H,29,33)(H,31,34)/t2*18-,25-,26-;17-,23-,25-;16-,22-,24-/m0000/s1. The molecule has 0 bridgehead atoms. The van der Waals surface area contributed by atoms with Crippen molar-refractivity contribution in [1.82, 2.24) is 92.0 Å². The number of fused-ring (bicyclic) bond motifs is 4. The van der Waals surface area contributed by atoms with Crippen molar-refractivity contribution in [3.05, 3.63) is 208 Å². The number of benzene rings is 6. The lowest BCUT2D eigenvalue weighted by Gasteiger charge is -2.35. The minimum absolute atomic E-state index is 0.00408. The first-order valence-electron chi connectivity index (χ1n) is 52.9.